The summed E-state index contributed by atoms with van der Waals surface area (Å²) in [6.45, 7) is 4.00. The topological polar surface area (TPSA) is 60.2 Å². The van der Waals surface area contributed by atoms with Crippen LogP contribution < -0.4 is 5.73 Å². The van der Waals surface area contributed by atoms with Gasteiger partial charge in [0, 0.05) is 0 Å². The Morgan fingerprint density at radius 3 is 2.35 bits per heavy atom. The van der Waals surface area contributed by atoms with Gasteiger partial charge in [-0.05, 0) is 24.1 Å². The number of halogens is 1. The Hall–Kier alpha value is -0.740. The third-order valence-corrected chi connectivity index (χ3v) is 5.15. The second-order valence-electron chi connectivity index (χ2n) is 4.15. The Labute approximate surface area is 108 Å². The minimum absolute atomic E-state index is 0.167. The van der Waals surface area contributed by atoms with Gasteiger partial charge < -0.3 is 5.73 Å². The van der Waals surface area contributed by atoms with Crippen molar-refractivity contribution in [1.82, 2.24) is 0 Å². The molecule has 1 rings (SSSR count). The molecule has 1 aromatic carbocycles. The summed E-state index contributed by atoms with van der Waals surface area (Å²) in [5.41, 5.74) is 5.96. The van der Waals surface area contributed by atoms with Crippen LogP contribution >= 0.6 is 11.6 Å². The molecule has 0 aliphatic rings. The summed E-state index contributed by atoms with van der Waals surface area (Å²) in [7, 11) is -3.26. The van der Waals surface area contributed by atoms with Crippen molar-refractivity contribution in [2.45, 2.75) is 31.6 Å². The summed E-state index contributed by atoms with van der Waals surface area (Å²) in [6.07, 6.45) is 1.72. The first kappa shape index (κ1) is 14.3. The van der Waals surface area contributed by atoms with Gasteiger partial charge in [0.2, 0.25) is 0 Å². The molecule has 0 aromatic heterocycles. The van der Waals surface area contributed by atoms with Gasteiger partial charge in [0.1, 0.15) is 0 Å². The first-order valence-corrected chi connectivity index (χ1v) is 7.71. The summed E-state index contributed by atoms with van der Waals surface area (Å²) in [5, 5.41) is 0.288. The van der Waals surface area contributed by atoms with E-state index in [0.29, 0.717) is 5.69 Å². The molecule has 0 fully saturated rings. The van der Waals surface area contributed by atoms with Crippen LogP contribution in [0.3, 0.4) is 0 Å². The lowest BCUT2D eigenvalue weighted by atomic mass is 10.1. The molecule has 96 valence electrons. The molecule has 5 heteroatoms. The largest absolute Gasteiger partial charge is 0.398 e. The maximum Gasteiger partial charge on any atom is 0.178 e. The van der Waals surface area contributed by atoms with E-state index >= 15 is 0 Å². The maximum absolute atomic E-state index is 12.1. The summed E-state index contributed by atoms with van der Waals surface area (Å²) in [5.74, 6) is 0.358. The molecule has 0 radical (unpaired) electrons. The number of hydrogen-bond acceptors (Lipinski definition) is 3. The summed E-state index contributed by atoms with van der Waals surface area (Å²) in [6, 6.07) is 4.47. The van der Waals surface area contributed by atoms with E-state index in [2.05, 4.69) is 0 Å². The fourth-order valence-corrected chi connectivity index (χ4v) is 3.73. The number of anilines is 1. The highest BCUT2D eigenvalue weighted by Crippen LogP contribution is 2.25. The molecule has 0 unspecified atom stereocenters. The highest BCUT2D eigenvalue weighted by molar-refractivity contribution is 7.91. The van der Waals surface area contributed by atoms with Crippen molar-refractivity contribution in [1.29, 1.82) is 0 Å². The van der Waals surface area contributed by atoms with Gasteiger partial charge in [0.15, 0.2) is 9.84 Å². The molecular weight excluding hydrogens is 258 g/mol. The van der Waals surface area contributed by atoms with Crippen LogP contribution in [0.2, 0.25) is 5.02 Å². The van der Waals surface area contributed by atoms with Gasteiger partial charge >= 0.3 is 0 Å². The first-order valence-electron chi connectivity index (χ1n) is 5.68. The molecule has 1 aromatic rings. The van der Waals surface area contributed by atoms with E-state index in [1.807, 2.05) is 13.8 Å². The van der Waals surface area contributed by atoms with Crippen LogP contribution in [0.4, 0.5) is 5.69 Å². The van der Waals surface area contributed by atoms with Gasteiger partial charge in [-0.1, -0.05) is 38.3 Å². The minimum Gasteiger partial charge on any atom is -0.398 e. The number of sulfone groups is 1. The van der Waals surface area contributed by atoms with Gasteiger partial charge in [0.05, 0.1) is 21.4 Å². The number of nitrogen functional groups attached to an aromatic ring is 1. The fourth-order valence-electron chi connectivity index (χ4n) is 1.63. The predicted octanol–water partition coefficient (Wildman–Crippen LogP) is 3.13. The first-order chi connectivity index (χ1) is 7.90. The van der Waals surface area contributed by atoms with E-state index in [1.165, 1.54) is 18.2 Å². The lowest BCUT2D eigenvalue weighted by Gasteiger charge is -2.13. The number of hydrogen-bond donors (Lipinski definition) is 1. The summed E-state index contributed by atoms with van der Waals surface area (Å²) in [4.78, 5) is 0.253. The highest BCUT2D eigenvalue weighted by atomic mass is 35.5. The molecule has 0 bridgehead atoms. The van der Waals surface area contributed by atoms with Gasteiger partial charge in [-0.25, -0.2) is 8.42 Å². The lowest BCUT2D eigenvalue weighted by Crippen LogP contribution is -2.15. The zero-order valence-corrected chi connectivity index (χ0v) is 11.7. The Bertz CT molecular complexity index is 481. The Morgan fingerprint density at radius 1 is 1.29 bits per heavy atom. The molecule has 0 amide bonds. The fraction of sp³-hybridized carbons (Fsp3) is 0.500. The molecule has 3 nitrogen and oxygen atoms in total. The Balaban J connectivity index is 3.01. The van der Waals surface area contributed by atoms with E-state index in [4.69, 9.17) is 17.3 Å². The number of nitrogens with two attached hydrogens (primary N) is 1. The van der Waals surface area contributed by atoms with Crippen molar-refractivity contribution in [3.8, 4) is 0 Å². The van der Waals surface area contributed by atoms with Crippen molar-refractivity contribution in [3.63, 3.8) is 0 Å². The molecule has 17 heavy (non-hydrogen) atoms. The quantitative estimate of drug-likeness (QED) is 0.840. The lowest BCUT2D eigenvalue weighted by molar-refractivity contribution is 0.523. The third-order valence-electron chi connectivity index (χ3n) is 2.94. The Kier molecular flexibility index (Phi) is 4.83. The van der Waals surface area contributed by atoms with Crippen molar-refractivity contribution in [3.05, 3.63) is 23.2 Å². The van der Waals surface area contributed by atoms with Gasteiger partial charge in [-0.2, -0.15) is 0 Å². The standard InChI is InChI=1S/C12H18ClNO2S/c1-3-9(4-2)8-17(15,16)10-5-6-12(14)11(13)7-10/h5-7,9H,3-4,8,14H2,1-2H3. The number of benzene rings is 1. The zero-order valence-electron chi connectivity index (χ0n) is 10.1. The van der Waals surface area contributed by atoms with Crippen molar-refractivity contribution in [2.24, 2.45) is 5.92 Å². The number of rotatable bonds is 5. The Morgan fingerprint density at radius 2 is 1.88 bits per heavy atom. The average molecular weight is 276 g/mol. The van der Waals surface area contributed by atoms with E-state index in [0.717, 1.165) is 12.8 Å². The van der Waals surface area contributed by atoms with Crippen molar-refractivity contribution < 1.29 is 8.42 Å². The van der Waals surface area contributed by atoms with E-state index in [9.17, 15) is 8.42 Å². The molecule has 0 aliphatic carbocycles. The van der Waals surface area contributed by atoms with Crippen molar-refractivity contribution >= 4 is 27.1 Å². The second-order valence-corrected chi connectivity index (χ2v) is 6.59. The molecular formula is C12H18ClNO2S. The van der Waals surface area contributed by atoms with Crippen molar-refractivity contribution in [2.75, 3.05) is 11.5 Å². The molecule has 0 saturated heterocycles. The van der Waals surface area contributed by atoms with Crippen LogP contribution in [-0.4, -0.2) is 14.2 Å². The molecule has 0 aliphatic heterocycles. The van der Waals surface area contributed by atoms with E-state index in [-0.39, 0.29) is 21.6 Å². The zero-order chi connectivity index (χ0) is 13.1. The highest BCUT2D eigenvalue weighted by Gasteiger charge is 2.19. The van der Waals surface area contributed by atoms with Gasteiger partial charge in [0.25, 0.3) is 0 Å². The van der Waals surface area contributed by atoms with Crippen LogP contribution in [0.5, 0.6) is 0 Å². The van der Waals surface area contributed by atoms with E-state index < -0.39 is 9.84 Å². The monoisotopic (exact) mass is 275 g/mol. The SMILES string of the molecule is CCC(CC)CS(=O)(=O)c1ccc(N)c(Cl)c1. The minimum atomic E-state index is -3.26. The summed E-state index contributed by atoms with van der Waals surface area (Å²) < 4.78 is 24.2. The van der Waals surface area contributed by atoms with Gasteiger partial charge in [-0.15, -0.1) is 0 Å². The third kappa shape index (κ3) is 3.61. The maximum atomic E-state index is 12.1. The van der Waals surface area contributed by atoms with Crippen LogP contribution in [0.15, 0.2) is 23.1 Å². The molecule has 0 heterocycles. The average Bonchev–Trinajstić information content (AvgIpc) is 2.29. The smallest absolute Gasteiger partial charge is 0.178 e. The normalized spacial score (nSPS) is 12.0. The molecule has 0 spiro atoms. The molecule has 0 saturated carbocycles. The second kappa shape index (κ2) is 5.74. The molecule has 0 atom stereocenters. The van der Waals surface area contributed by atoms with E-state index in [1.54, 1.807) is 0 Å². The van der Waals surface area contributed by atoms with Crippen LogP contribution in [-0.2, 0) is 9.84 Å². The van der Waals surface area contributed by atoms with Crippen LogP contribution in [0.1, 0.15) is 26.7 Å². The predicted molar refractivity (Wildman–Crippen MR) is 72.0 cm³/mol. The van der Waals surface area contributed by atoms with Crippen LogP contribution in [0, 0.1) is 5.92 Å². The summed E-state index contributed by atoms with van der Waals surface area (Å²) >= 11 is 5.83. The van der Waals surface area contributed by atoms with Crippen LogP contribution in [0.25, 0.3) is 0 Å². The molecule has 2 N–H and O–H groups in total. The van der Waals surface area contributed by atoms with Gasteiger partial charge in [-0.3, -0.25) is 0 Å².